The van der Waals surface area contributed by atoms with E-state index >= 15 is 0 Å². The molecule has 2 nitrogen and oxygen atoms in total. The van der Waals surface area contributed by atoms with Gasteiger partial charge >= 0.3 is 0 Å². The zero-order valence-electron chi connectivity index (χ0n) is 11.6. The molecule has 1 aromatic rings. The number of hydrogen-bond acceptors (Lipinski definition) is 3. The van der Waals surface area contributed by atoms with Crippen molar-refractivity contribution in [3.8, 4) is 6.07 Å². The van der Waals surface area contributed by atoms with Gasteiger partial charge in [0, 0.05) is 11.6 Å². The third-order valence-corrected chi connectivity index (χ3v) is 5.98. The number of allylic oxidation sites excluding steroid dienone is 2. The number of halogens is 2. The summed E-state index contributed by atoms with van der Waals surface area (Å²) in [4.78, 5) is 4.64. The molecular weight excluding hydrogens is 351 g/mol. The van der Waals surface area contributed by atoms with E-state index < -0.39 is 0 Å². The van der Waals surface area contributed by atoms with Crippen LogP contribution in [0.3, 0.4) is 0 Å². The van der Waals surface area contributed by atoms with Gasteiger partial charge in [0.2, 0.25) is 0 Å². The van der Waals surface area contributed by atoms with Gasteiger partial charge in [0.15, 0.2) is 0 Å². The third kappa shape index (κ3) is 2.67. The smallest absolute Gasteiger partial charge is 0.137 e. The first-order chi connectivity index (χ1) is 10.1. The van der Waals surface area contributed by atoms with E-state index in [-0.39, 0.29) is 17.0 Å². The van der Waals surface area contributed by atoms with Gasteiger partial charge in [-0.2, -0.15) is 17.0 Å². The lowest BCUT2D eigenvalue weighted by Crippen LogP contribution is -2.33. The second kappa shape index (κ2) is 5.94. The first-order valence-corrected chi connectivity index (χ1v) is 8.71. The molecule has 1 fully saturated rings. The van der Waals surface area contributed by atoms with Gasteiger partial charge < -0.3 is 0 Å². The van der Waals surface area contributed by atoms with E-state index in [9.17, 15) is 9.65 Å². The minimum atomic E-state index is -0.279. The van der Waals surface area contributed by atoms with E-state index in [1.54, 1.807) is 12.1 Å². The SMILES string of the molecule is CC1=C(C#N)C(c2ccc(F)c(Br)c2)C2SCCCC2=N1. The van der Waals surface area contributed by atoms with Crippen LogP contribution in [0.4, 0.5) is 4.39 Å². The van der Waals surface area contributed by atoms with Crippen molar-refractivity contribution in [1.82, 2.24) is 0 Å². The maximum Gasteiger partial charge on any atom is 0.137 e. The highest BCUT2D eigenvalue weighted by atomic mass is 79.9. The highest BCUT2D eigenvalue weighted by Crippen LogP contribution is 2.43. The molecule has 0 spiro atoms. The Morgan fingerprint density at radius 1 is 1.48 bits per heavy atom. The summed E-state index contributed by atoms with van der Waals surface area (Å²) in [6.45, 7) is 1.90. The maximum atomic E-state index is 13.5. The fraction of sp³-hybridized carbons (Fsp3) is 0.375. The van der Waals surface area contributed by atoms with Gasteiger partial charge in [-0.3, -0.25) is 4.99 Å². The summed E-state index contributed by atoms with van der Waals surface area (Å²) >= 11 is 5.10. The number of fused-ring (bicyclic) bond motifs is 1. The van der Waals surface area contributed by atoms with Crippen LogP contribution in [0.5, 0.6) is 0 Å². The molecule has 1 saturated heterocycles. The lowest BCUT2D eigenvalue weighted by atomic mass is 9.82. The summed E-state index contributed by atoms with van der Waals surface area (Å²) in [5.74, 6) is 0.781. The van der Waals surface area contributed by atoms with Crippen molar-refractivity contribution in [2.24, 2.45) is 4.99 Å². The predicted octanol–water partition coefficient (Wildman–Crippen LogP) is 4.82. The van der Waals surface area contributed by atoms with E-state index in [1.165, 1.54) is 11.8 Å². The monoisotopic (exact) mass is 364 g/mol. The second-order valence-corrected chi connectivity index (χ2v) is 7.36. The van der Waals surface area contributed by atoms with Gasteiger partial charge in [-0.25, -0.2) is 4.39 Å². The zero-order chi connectivity index (χ0) is 15.0. The van der Waals surface area contributed by atoms with Crippen molar-refractivity contribution in [2.75, 3.05) is 5.75 Å². The van der Waals surface area contributed by atoms with Gasteiger partial charge in [0.25, 0.3) is 0 Å². The Hall–Kier alpha value is -1.12. The van der Waals surface area contributed by atoms with Crippen LogP contribution in [0.2, 0.25) is 0 Å². The molecule has 0 bridgehead atoms. The summed E-state index contributed by atoms with van der Waals surface area (Å²) in [6, 6.07) is 7.36. The Morgan fingerprint density at radius 2 is 2.29 bits per heavy atom. The van der Waals surface area contributed by atoms with Gasteiger partial charge in [-0.1, -0.05) is 6.07 Å². The Bertz CT molecular complexity index is 690. The minimum absolute atomic E-state index is 0.0234. The summed E-state index contributed by atoms with van der Waals surface area (Å²) in [6.07, 6.45) is 2.13. The van der Waals surface area contributed by atoms with Crippen LogP contribution in [0.1, 0.15) is 31.2 Å². The van der Waals surface area contributed by atoms with Gasteiger partial charge in [0.05, 0.1) is 27.1 Å². The molecule has 0 amide bonds. The molecular formula is C16H14BrFN2S. The van der Waals surface area contributed by atoms with Crippen LogP contribution < -0.4 is 0 Å². The van der Waals surface area contributed by atoms with Crippen LogP contribution in [-0.4, -0.2) is 16.7 Å². The molecule has 5 heteroatoms. The summed E-state index contributed by atoms with van der Waals surface area (Å²) < 4.78 is 13.9. The molecule has 0 N–H and O–H groups in total. The summed E-state index contributed by atoms with van der Waals surface area (Å²) in [5, 5.41) is 9.74. The molecule has 0 aliphatic carbocycles. The molecule has 2 heterocycles. The number of nitriles is 1. The molecule has 2 atom stereocenters. The highest BCUT2D eigenvalue weighted by Gasteiger charge is 2.37. The van der Waals surface area contributed by atoms with Crippen LogP contribution in [-0.2, 0) is 0 Å². The number of benzene rings is 1. The normalized spacial score (nSPS) is 25.1. The minimum Gasteiger partial charge on any atom is -0.260 e. The number of rotatable bonds is 1. The van der Waals surface area contributed by atoms with Crippen LogP contribution in [0.25, 0.3) is 0 Å². The van der Waals surface area contributed by atoms with Crippen molar-refractivity contribution >= 4 is 33.4 Å². The number of hydrogen-bond donors (Lipinski definition) is 0. The van der Waals surface area contributed by atoms with E-state index in [0.29, 0.717) is 10.0 Å². The molecule has 2 unspecified atom stereocenters. The molecule has 21 heavy (non-hydrogen) atoms. The lowest BCUT2D eigenvalue weighted by Gasteiger charge is -2.35. The van der Waals surface area contributed by atoms with Crippen molar-refractivity contribution in [1.29, 1.82) is 5.26 Å². The summed E-state index contributed by atoms with van der Waals surface area (Å²) in [7, 11) is 0. The van der Waals surface area contributed by atoms with E-state index in [0.717, 1.165) is 29.9 Å². The predicted molar refractivity (Wildman–Crippen MR) is 88.1 cm³/mol. The molecule has 3 rings (SSSR count). The second-order valence-electron chi connectivity index (χ2n) is 5.26. The fourth-order valence-corrected chi connectivity index (χ4v) is 4.77. The first-order valence-electron chi connectivity index (χ1n) is 6.86. The van der Waals surface area contributed by atoms with E-state index in [2.05, 4.69) is 27.0 Å². The largest absolute Gasteiger partial charge is 0.260 e. The summed E-state index contributed by atoms with van der Waals surface area (Å²) in [5.41, 5.74) is 3.66. The van der Waals surface area contributed by atoms with E-state index in [1.807, 2.05) is 18.7 Å². The van der Waals surface area contributed by atoms with Crippen molar-refractivity contribution in [2.45, 2.75) is 30.9 Å². The molecule has 108 valence electrons. The molecule has 0 aromatic heterocycles. The molecule has 2 aliphatic heterocycles. The third-order valence-electron chi connectivity index (χ3n) is 3.94. The molecule has 0 radical (unpaired) electrons. The highest BCUT2D eigenvalue weighted by molar-refractivity contribution is 9.10. The Morgan fingerprint density at radius 3 is 3.00 bits per heavy atom. The Labute approximate surface area is 136 Å². The Kier molecular flexibility index (Phi) is 4.19. The fourth-order valence-electron chi connectivity index (χ4n) is 2.96. The van der Waals surface area contributed by atoms with Gasteiger partial charge in [-0.15, -0.1) is 0 Å². The van der Waals surface area contributed by atoms with Crippen LogP contribution in [0.15, 0.2) is 38.9 Å². The van der Waals surface area contributed by atoms with Crippen molar-refractivity contribution < 1.29 is 4.39 Å². The molecule has 1 aromatic carbocycles. The number of thioether (sulfide) groups is 1. The van der Waals surface area contributed by atoms with E-state index in [4.69, 9.17) is 0 Å². The van der Waals surface area contributed by atoms with Crippen LogP contribution >= 0.6 is 27.7 Å². The van der Waals surface area contributed by atoms with Gasteiger partial charge in [0.1, 0.15) is 5.82 Å². The van der Waals surface area contributed by atoms with Gasteiger partial charge in [-0.05, 0) is 59.1 Å². The first kappa shape index (κ1) is 14.8. The zero-order valence-corrected chi connectivity index (χ0v) is 14.0. The quantitative estimate of drug-likeness (QED) is 0.715. The number of nitrogens with zero attached hydrogens (tertiary/aromatic N) is 2. The van der Waals surface area contributed by atoms with Crippen molar-refractivity contribution in [3.63, 3.8) is 0 Å². The number of aliphatic imine (C=N–C) groups is 1. The molecule has 0 saturated carbocycles. The van der Waals surface area contributed by atoms with Crippen molar-refractivity contribution in [3.05, 3.63) is 45.3 Å². The standard InChI is InChI=1S/C16H14BrFN2S/c1-9-11(8-19)15(10-4-5-13(18)12(17)7-10)16-14(20-9)3-2-6-21-16/h4-5,7,15-16H,2-3,6H2,1H3. The molecule has 2 aliphatic rings. The topological polar surface area (TPSA) is 36.1 Å². The van der Waals surface area contributed by atoms with Crippen LogP contribution in [0, 0.1) is 17.1 Å². The average molecular weight is 365 g/mol. The average Bonchev–Trinajstić information content (AvgIpc) is 2.48. The maximum absolute atomic E-state index is 13.5. The Balaban J connectivity index is 2.11. The lowest BCUT2D eigenvalue weighted by molar-refractivity contribution is 0.619.